The van der Waals surface area contributed by atoms with E-state index in [9.17, 15) is 0 Å². The Labute approximate surface area is 258 Å². The summed E-state index contributed by atoms with van der Waals surface area (Å²) in [4.78, 5) is 0. The van der Waals surface area contributed by atoms with Crippen molar-refractivity contribution in [2.45, 2.75) is 58.5 Å². The van der Waals surface area contributed by atoms with E-state index in [1.807, 2.05) is 12.1 Å². The second-order valence-electron chi connectivity index (χ2n) is 10.5. The highest BCUT2D eigenvalue weighted by Crippen LogP contribution is 2.44. The molecular formula is C33H34Br2Cl2N2. The highest BCUT2D eigenvalue weighted by Gasteiger charge is 2.27. The fraction of sp³-hybridized carbons (Fsp3) is 0.333. The Morgan fingerprint density at radius 3 is 1.62 bits per heavy atom. The van der Waals surface area contributed by atoms with E-state index in [4.69, 9.17) is 23.2 Å². The second kappa shape index (κ2) is 12.9. The molecule has 0 radical (unpaired) electrons. The van der Waals surface area contributed by atoms with Gasteiger partial charge >= 0.3 is 0 Å². The van der Waals surface area contributed by atoms with Gasteiger partial charge in [0.25, 0.3) is 0 Å². The van der Waals surface area contributed by atoms with Crippen LogP contribution in [0.15, 0.2) is 67.0 Å². The number of unbranched alkanes of at least 4 members (excludes halogenated alkanes) is 2. The van der Waals surface area contributed by atoms with Gasteiger partial charge in [-0.2, -0.15) is 0 Å². The van der Waals surface area contributed by atoms with Gasteiger partial charge in [0.1, 0.15) is 0 Å². The zero-order chi connectivity index (χ0) is 27.5. The lowest BCUT2D eigenvalue weighted by molar-refractivity contribution is 0.650. The van der Waals surface area contributed by atoms with E-state index >= 15 is 0 Å². The average molecular weight is 689 g/mol. The van der Waals surface area contributed by atoms with Crippen molar-refractivity contribution in [1.82, 2.24) is 9.13 Å². The summed E-state index contributed by atoms with van der Waals surface area (Å²) in [5, 5.41) is 5.98. The number of fused-ring (bicyclic) bond motifs is 2. The van der Waals surface area contributed by atoms with Gasteiger partial charge in [-0.15, -0.1) is 0 Å². The third-order valence-corrected chi connectivity index (χ3v) is 9.28. The molecule has 2 heterocycles. The molecule has 0 aliphatic heterocycles. The Kier molecular flexibility index (Phi) is 9.49. The van der Waals surface area contributed by atoms with Crippen molar-refractivity contribution in [2.75, 3.05) is 10.7 Å². The van der Waals surface area contributed by atoms with E-state index in [-0.39, 0.29) is 5.92 Å². The molecule has 6 heteroatoms. The van der Waals surface area contributed by atoms with Crippen molar-refractivity contribution in [3.63, 3.8) is 0 Å². The Hall–Kier alpha value is -1.72. The molecule has 0 aliphatic carbocycles. The van der Waals surface area contributed by atoms with Crippen molar-refractivity contribution in [2.24, 2.45) is 0 Å². The third-order valence-electron chi connectivity index (χ3n) is 7.60. The summed E-state index contributed by atoms with van der Waals surface area (Å²) in [5.74, 6) is -0.0294. The van der Waals surface area contributed by atoms with Crippen molar-refractivity contribution in [3.05, 3.63) is 105 Å². The van der Waals surface area contributed by atoms with E-state index in [0.717, 1.165) is 55.0 Å². The predicted octanol–water partition coefficient (Wildman–Crippen LogP) is 11.1. The fourth-order valence-corrected chi connectivity index (χ4v) is 7.01. The molecule has 2 aromatic heterocycles. The second-order valence-corrected chi connectivity index (χ2v) is 12.9. The zero-order valence-corrected chi connectivity index (χ0v) is 27.2. The maximum Gasteiger partial charge on any atom is 0.0483 e. The summed E-state index contributed by atoms with van der Waals surface area (Å²) in [6.07, 6.45) is 9.29. The number of hydrogen-bond donors (Lipinski definition) is 0. The summed E-state index contributed by atoms with van der Waals surface area (Å²) < 4.78 is 4.87. The summed E-state index contributed by atoms with van der Waals surface area (Å²) in [6, 6.07) is 19.6. The molecule has 0 unspecified atom stereocenters. The lowest BCUT2D eigenvalue weighted by Crippen LogP contribution is -2.04. The molecule has 0 N–H and O–H groups in total. The van der Waals surface area contributed by atoms with E-state index in [2.05, 4.69) is 110 Å². The van der Waals surface area contributed by atoms with Crippen LogP contribution in [0.1, 0.15) is 59.4 Å². The van der Waals surface area contributed by atoms with Crippen LogP contribution in [0.4, 0.5) is 0 Å². The molecule has 0 bridgehead atoms. The number of rotatable bonds is 11. The average Bonchev–Trinajstić information content (AvgIpc) is 3.44. The van der Waals surface area contributed by atoms with Gasteiger partial charge in [0, 0.05) is 73.9 Å². The number of nitrogens with zero attached hydrogens (tertiary/aromatic N) is 2. The number of aryl methyl sites for hydroxylation is 4. The van der Waals surface area contributed by atoms with Crippen molar-refractivity contribution >= 4 is 76.9 Å². The zero-order valence-electron chi connectivity index (χ0n) is 22.5. The van der Waals surface area contributed by atoms with Gasteiger partial charge in [0.05, 0.1) is 0 Å². The van der Waals surface area contributed by atoms with Gasteiger partial charge in [-0.1, -0.05) is 84.4 Å². The minimum absolute atomic E-state index is 0.0294. The first-order valence-electron chi connectivity index (χ1n) is 13.7. The molecule has 5 aromatic rings. The normalized spacial score (nSPS) is 11.9. The number of benzene rings is 3. The Morgan fingerprint density at radius 1 is 0.641 bits per heavy atom. The summed E-state index contributed by atoms with van der Waals surface area (Å²) in [6.45, 7) is 6.32. The molecule has 3 aromatic carbocycles. The molecule has 0 fully saturated rings. The van der Waals surface area contributed by atoms with E-state index < -0.39 is 0 Å². The molecule has 0 saturated carbocycles. The van der Waals surface area contributed by atoms with E-state index in [1.165, 1.54) is 44.1 Å². The minimum Gasteiger partial charge on any atom is -0.347 e. The molecular weight excluding hydrogens is 655 g/mol. The van der Waals surface area contributed by atoms with Crippen LogP contribution < -0.4 is 0 Å². The van der Waals surface area contributed by atoms with Gasteiger partial charge in [-0.25, -0.2) is 0 Å². The largest absolute Gasteiger partial charge is 0.347 e. The van der Waals surface area contributed by atoms with Crippen LogP contribution >= 0.6 is 55.1 Å². The minimum atomic E-state index is -0.0294. The first-order valence-corrected chi connectivity index (χ1v) is 16.7. The van der Waals surface area contributed by atoms with Crippen LogP contribution in [-0.4, -0.2) is 19.8 Å². The molecule has 0 aliphatic rings. The summed E-state index contributed by atoms with van der Waals surface area (Å²) >= 11 is 20.6. The Bertz CT molecular complexity index is 1510. The fourth-order valence-electron chi connectivity index (χ4n) is 5.70. The van der Waals surface area contributed by atoms with Gasteiger partial charge in [0.15, 0.2) is 0 Å². The van der Waals surface area contributed by atoms with Crippen LogP contribution in [0, 0.1) is 13.8 Å². The number of aromatic nitrogens is 2. The molecule has 0 spiro atoms. The number of hydrogen-bond acceptors (Lipinski definition) is 0. The van der Waals surface area contributed by atoms with Crippen LogP contribution in [0.2, 0.25) is 10.0 Å². The monoisotopic (exact) mass is 686 g/mol. The number of alkyl halides is 2. The van der Waals surface area contributed by atoms with Crippen LogP contribution in [0.25, 0.3) is 21.8 Å². The quantitative estimate of drug-likeness (QED) is 0.0965. The highest BCUT2D eigenvalue weighted by atomic mass is 79.9. The highest BCUT2D eigenvalue weighted by molar-refractivity contribution is 9.09. The van der Waals surface area contributed by atoms with Crippen LogP contribution in [0.3, 0.4) is 0 Å². The summed E-state index contributed by atoms with van der Waals surface area (Å²) in [7, 11) is 0. The summed E-state index contributed by atoms with van der Waals surface area (Å²) in [5.41, 5.74) is 8.74. The van der Waals surface area contributed by atoms with Crippen LogP contribution in [-0.2, 0) is 13.1 Å². The SMILES string of the molecule is Cc1ccc2c(c1)c(C(c1ccc(Cl)cc1Cl)c1cn(CCCCBr)c3ccc(C)cc13)cn2CCCCBr. The maximum absolute atomic E-state index is 7.00. The van der Waals surface area contributed by atoms with Gasteiger partial charge < -0.3 is 9.13 Å². The van der Waals surface area contributed by atoms with Crippen molar-refractivity contribution in [1.29, 1.82) is 0 Å². The standard InChI is InChI=1S/C33H34Br2Cl2N2/c1-22-7-11-31-26(17-22)28(20-38(31)15-5-3-13-34)33(25-10-9-24(36)19-30(25)37)29-21-39(16-6-4-14-35)32-12-8-23(2)18-27(29)32/h7-12,17-21,33H,3-6,13-16H2,1-2H3. The lowest BCUT2D eigenvalue weighted by atomic mass is 9.84. The first-order chi connectivity index (χ1) is 18.9. The van der Waals surface area contributed by atoms with E-state index in [1.54, 1.807) is 0 Å². The maximum atomic E-state index is 7.00. The molecule has 0 amide bonds. The van der Waals surface area contributed by atoms with Crippen molar-refractivity contribution in [3.8, 4) is 0 Å². The van der Waals surface area contributed by atoms with Gasteiger partial charge in [-0.3, -0.25) is 0 Å². The third kappa shape index (κ3) is 6.15. The molecule has 39 heavy (non-hydrogen) atoms. The Morgan fingerprint density at radius 2 is 1.15 bits per heavy atom. The topological polar surface area (TPSA) is 9.86 Å². The van der Waals surface area contributed by atoms with Gasteiger partial charge in [0.2, 0.25) is 0 Å². The first kappa shape index (κ1) is 28.8. The molecule has 204 valence electrons. The van der Waals surface area contributed by atoms with E-state index in [0.29, 0.717) is 10.0 Å². The van der Waals surface area contributed by atoms with Crippen LogP contribution in [0.5, 0.6) is 0 Å². The Balaban J connectivity index is 1.78. The van der Waals surface area contributed by atoms with Crippen molar-refractivity contribution < 1.29 is 0 Å². The van der Waals surface area contributed by atoms with Gasteiger partial charge in [-0.05, 0) is 92.6 Å². The number of halogens is 4. The predicted molar refractivity (Wildman–Crippen MR) is 177 cm³/mol. The lowest BCUT2D eigenvalue weighted by Gasteiger charge is -2.19. The smallest absolute Gasteiger partial charge is 0.0483 e. The molecule has 5 rings (SSSR count). The molecule has 0 atom stereocenters. The molecule has 0 saturated heterocycles. The molecule has 2 nitrogen and oxygen atoms in total.